The van der Waals surface area contributed by atoms with Gasteiger partial charge in [-0.05, 0) is 63.4 Å². The minimum atomic E-state index is 0.350. The molecule has 1 aromatic rings. The summed E-state index contributed by atoms with van der Waals surface area (Å²) in [6, 6.07) is 10.8. The molecule has 2 fully saturated rings. The van der Waals surface area contributed by atoms with Crippen molar-refractivity contribution in [2.24, 2.45) is 0 Å². The molecule has 27 heavy (non-hydrogen) atoms. The topological polar surface area (TPSA) is 18.5 Å². The van der Waals surface area contributed by atoms with Crippen LogP contribution in [0.1, 0.15) is 83.1 Å². The summed E-state index contributed by atoms with van der Waals surface area (Å²) in [5.41, 5.74) is 1.42. The van der Waals surface area contributed by atoms with Crippen LogP contribution < -0.4 is 0 Å². The van der Waals surface area contributed by atoms with Gasteiger partial charge in [0.15, 0.2) is 0 Å². The van der Waals surface area contributed by atoms with Crippen LogP contribution in [-0.4, -0.2) is 29.2 Å². The third kappa shape index (κ3) is 7.51. The molecule has 0 amide bonds. The van der Waals surface area contributed by atoms with Crippen molar-refractivity contribution in [2.75, 3.05) is 0 Å². The Balaban J connectivity index is 1.43. The highest BCUT2D eigenvalue weighted by Crippen LogP contribution is 2.33. The standard InChI is InChI=1S/C24H37BrO2/c1-2-3-5-11-21-12-8-13-22(26-21)18-24-17-20(25)16-23(27-24)15-14-19-9-6-4-7-10-19/h4,6-7,9-10,20-24H,2-3,5,8,11-18H2,1H3/t20-,21+,22-,23+,24+/m1/s1. The van der Waals surface area contributed by atoms with Gasteiger partial charge < -0.3 is 9.47 Å². The van der Waals surface area contributed by atoms with E-state index in [-0.39, 0.29) is 0 Å². The van der Waals surface area contributed by atoms with E-state index in [4.69, 9.17) is 9.47 Å². The van der Waals surface area contributed by atoms with Crippen LogP contribution in [0.25, 0.3) is 0 Å². The maximum atomic E-state index is 6.51. The summed E-state index contributed by atoms with van der Waals surface area (Å²) in [5.74, 6) is 0. The Kier molecular flexibility index (Phi) is 9.15. The van der Waals surface area contributed by atoms with E-state index in [0.717, 1.165) is 32.1 Å². The molecule has 2 nitrogen and oxygen atoms in total. The van der Waals surface area contributed by atoms with Crippen LogP contribution in [0.4, 0.5) is 0 Å². The lowest BCUT2D eigenvalue weighted by Gasteiger charge is -2.37. The molecule has 0 radical (unpaired) electrons. The van der Waals surface area contributed by atoms with E-state index >= 15 is 0 Å². The van der Waals surface area contributed by atoms with Crippen molar-refractivity contribution in [2.45, 2.75) is 113 Å². The first kappa shape index (κ1) is 21.3. The van der Waals surface area contributed by atoms with E-state index in [1.807, 2.05) is 0 Å². The summed E-state index contributed by atoms with van der Waals surface area (Å²) in [6.45, 7) is 2.27. The summed E-state index contributed by atoms with van der Waals surface area (Å²) in [4.78, 5) is 0.584. The number of halogens is 1. The lowest BCUT2D eigenvalue weighted by Crippen LogP contribution is -2.38. The molecule has 2 saturated heterocycles. The molecule has 2 aliphatic heterocycles. The van der Waals surface area contributed by atoms with Gasteiger partial charge in [-0.25, -0.2) is 0 Å². The van der Waals surface area contributed by atoms with Crippen LogP contribution >= 0.6 is 15.9 Å². The lowest BCUT2D eigenvalue weighted by atomic mass is 9.93. The van der Waals surface area contributed by atoms with E-state index in [9.17, 15) is 0 Å². The molecule has 0 spiro atoms. The van der Waals surface area contributed by atoms with Gasteiger partial charge in [0, 0.05) is 4.83 Å². The molecule has 0 bridgehead atoms. The van der Waals surface area contributed by atoms with Crippen molar-refractivity contribution in [3.05, 3.63) is 35.9 Å². The van der Waals surface area contributed by atoms with Crippen molar-refractivity contribution >= 4 is 15.9 Å². The van der Waals surface area contributed by atoms with Crippen molar-refractivity contribution in [3.8, 4) is 0 Å². The highest BCUT2D eigenvalue weighted by atomic mass is 79.9. The monoisotopic (exact) mass is 436 g/mol. The molecule has 3 heteroatoms. The summed E-state index contributed by atoms with van der Waals surface area (Å²) in [5, 5.41) is 0. The number of aryl methyl sites for hydroxylation is 1. The number of ether oxygens (including phenoxy) is 2. The number of hydrogen-bond acceptors (Lipinski definition) is 2. The zero-order chi connectivity index (χ0) is 18.9. The van der Waals surface area contributed by atoms with Gasteiger partial charge in [0.1, 0.15) is 0 Å². The molecule has 5 atom stereocenters. The second-order valence-electron chi connectivity index (χ2n) is 8.52. The Morgan fingerprint density at radius 3 is 2.44 bits per heavy atom. The number of alkyl halides is 1. The van der Waals surface area contributed by atoms with Crippen LogP contribution in [-0.2, 0) is 15.9 Å². The van der Waals surface area contributed by atoms with Crippen LogP contribution in [0.3, 0.4) is 0 Å². The number of hydrogen-bond donors (Lipinski definition) is 0. The third-order valence-corrected chi connectivity index (χ3v) is 6.86. The number of benzene rings is 1. The molecule has 2 heterocycles. The summed E-state index contributed by atoms with van der Waals surface area (Å²) < 4.78 is 12.9. The van der Waals surface area contributed by atoms with Crippen molar-refractivity contribution < 1.29 is 9.47 Å². The first-order valence-corrected chi connectivity index (χ1v) is 12.1. The van der Waals surface area contributed by atoms with Crippen molar-refractivity contribution in [1.82, 2.24) is 0 Å². The average Bonchev–Trinajstić information content (AvgIpc) is 2.67. The lowest BCUT2D eigenvalue weighted by molar-refractivity contribution is -0.107. The molecular weight excluding hydrogens is 400 g/mol. The Bertz CT molecular complexity index is 520. The Labute approximate surface area is 174 Å². The summed E-state index contributed by atoms with van der Waals surface area (Å²) in [6.07, 6.45) is 16.2. The molecule has 0 unspecified atom stereocenters. The minimum Gasteiger partial charge on any atom is -0.375 e. The fourth-order valence-corrected chi connectivity index (χ4v) is 5.48. The molecular formula is C24H37BrO2. The second kappa shape index (κ2) is 11.6. The van der Waals surface area contributed by atoms with Gasteiger partial charge >= 0.3 is 0 Å². The SMILES string of the molecule is CCCCC[C@H]1CCC[C@H](C[C@@H]2C[C@H](Br)C[C@H](CCc3ccccc3)O2)O1. The van der Waals surface area contributed by atoms with Gasteiger partial charge in [0.25, 0.3) is 0 Å². The average molecular weight is 437 g/mol. The van der Waals surface area contributed by atoms with Crippen LogP contribution in [0.2, 0.25) is 0 Å². The van der Waals surface area contributed by atoms with Gasteiger partial charge in [-0.1, -0.05) is 72.4 Å². The largest absolute Gasteiger partial charge is 0.375 e. The fourth-order valence-electron chi connectivity index (χ4n) is 4.64. The maximum Gasteiger partial charge on any atom is 0.0614 e. The summed E-state index contributed by atoms with van der Waals surface area (Å²) in [7, 11) is 0. The smallest absolute Gasteiger partial charge is 0.0614 e. The predicted molar refractivity (Wildman–Crippen MR) is 117 cm³/mol. The zero-order valence-corrected chi connectivity index (χ0v) is 18.5. The van der Waals surface area contributed by atoms with E-state index < -0.39 is 0 Å². The third-order valence-electron chi connectivity index (χ3n) is 6.11. The molecule has 0 saturated carbocycles. The molecule has 0 aromatic heterocycles. The van der Waals surface area contributed by atoms with Crippen molar-refractivity contribution in [1.29, 1.82) is 0 Å². The first-order valence-electron chi connectivity index (χ1n) is 11.2. The van der Waals surface area contributed by atoms with Crippen LogP contribution in [0, 0.1) is 0 Å². The molecule has 0 N–H and O–H groups in total. The Hall–Kier alpha value is -0.380. The first-order chi connectivity index (χ1) is 13.2. The number of rotatable bonds is 9. The van der Waals surface area contributed by atoms with Gasteiger partial charge in [0.05, 0.1) is 24.4 Å². The van der Waals surface area contributed by atoms with Crippen LogP contribution in [0.15, 0.2) is 30.3 Å². The van der Waals surface area contributed by atoms with Crippen LogP contribution in [0.5, 0.6) is 0 Å². The van der Waals surface area contributed by atoms with E-state index in [1.165, 1.54) is 50.5 Å². The van der Waals surface area contributed by atoms with E-state index in [1.54, 1.807) is 0 Å². The number of unbranched alkanes of at least 4 members (excludes halogenated alkanes) is 2. The molecule has 2 aliphatic rings. The van der Waals surface area contributed by atoms with Gasteiger partial charge in [-0.15, -0.1) is 0 Å². The fraction of sp³-hybridized carbons (Fsp3) is 0.750. The van der Waals surface area contributed by atoms with E-state index in [2.05, 4.69) is 53.2 Å². The highest BCUT2D eigenvalue weighted by molar-refractivity contribution is 9.09. The minimum absolute atomic E-state index is 0.350. The molecule has 152 valence electrons. The van der Waals surface area contributed by atoms with Gasteiger partial charge in [-0.3, -0.25) is 0 Å². The normalized spacial score (nSPS) is 31.7. The molecule has 1 aromatic carbocycles. The van der Waals surface area contributed by atoms with Gasteiger partial charge in [0.2, 0.25) is 0 Å². The quantitative estimate of drug-likeness (QED) is 0.311. The Morgan fingerprint density at radius 1 is 0.889 bits per heavy atom. The van der Waals surface area contributed by atoms with Gasteiger partial charge in [-0.2, -0.15) is 0 Å². The van der Waals surface area contributed by atoms with E-state index in [0.29, 0.717) is 29.2 Å². The predicted octanol–water partition coefficient (Wildman–Crippen LogP) is 6.84. The van der Waals surface area contributed by atoms with Crippen molar-refractivity contribution in [3.63, 3.8) is 0 Å². The molecule has 3 rings (SSSR count). The Morgan fingerprint density at radius 2 is 1.63 bits per heavy atom. The highest BCUT2D eigenvalue weighted by Gasteiger charge is 2.31. The molecule has 0 aliphatic carbocycles. The summed E-state index contributed by atoms with van der Waals surface area (Å²) >= 11 is 3.89. The maximum absolute atomic E-state index is 6.51. The zero-order valence-electron chi connectivity index (χ0n) is 17.0. The second-order valence-corrected chi connectivity index (χ2v) is 9.81.